The van der Waals surface area contributed by atoms with Gasteiger partial charge in [-0.1, -0.05) is 66.2 Å². The minimum Gasteiger partial charge on any atom is -0.481 e. The molecule has 1 aromatic carbocycles. The molecule has 2 aromatic rings. The third-order valence-electron chi connectivity index (χ3n) is 14.9. The van der Waals surface area contributed by atoms with Gasteiger partial charge < -0.3 is 15.7 Å². The van der Waals surface area contributed by atoms with E-state index < -0.39 is 5.97 Å². The first kappa shape index (κ1) is 30.9. The number of carboxylic acid groups (broad SMARTS) is 1. The number of allylic oxidation sites excluding steroid dienone is 2. The van der Waals surface area contributed by atoms with Crippen molar-refractivity contribution < 1.29 is 9.90 Å². The maximum absolute atomic E-state index is 12.8. The Morgan fingerprint density at radius 2 is 1.67 bits per heavy atom. The fraction of sp³-hybridized carbons (Fsp3) is 0.692. The molecular weight excluding hydrogens is 556 g/mol. The van der Waals surface area contributed by atoms with Gasteiger partial charge in [-0.2, -0.15) is 5.10 Å². The molecule has 6 heteroatoms. The molecule has 5 aliphatic carbocycles. The van der Waals surface area contributed by atoms with Gasteiger partial charge in [0.25, 0.3) is 0 Å². The standard InChI is InChI=1S/C39H56N4O2/c1-35(2)19-26-24(27(20-35)34(44)45)14-16-39(7)31(26)25(22-10-12-23(13-11-22)43(8)9)18-30-37(5)21-28-32(41-42-33(28)40)36(3,4)29(37)15-17-38(30,39)6/h10-13,24,26-27,29-30H,14-21H2,1-9H3,(H,44,45)(H3,40,41,42)/t24?,26?,27-,29?,30?,37?,38?,39?/m1/s1. The Balaban J connectivity index is 1.45. The second-order valence-corrected chi connectivity index (χ2v) is 18.1. The molecule has 4 N–H and O–H groups in total. The van der Waals surface area contributed by atoms with E-state index in [1.807, 2.05) is 0 Å². The molecule has 3 fully saturated rings. The smallest absolute Gasteiger partial charge is 0.306 e. The molecule has 244 valence electrons. The number of carbonyl (C=O) groups is 1. The monoisotopic (exact) mass is 612 g/mol. The SMILES string of the molecule is CN(C)c1ccc(C2=C3C4CC(C)(C)C[C@@H](C(=O)O)C4CCC3(C)C3(C)CCC4C(C)(C)c5[nH]nc(N)c5CC4(C)C3C2)cc1. The molecule has 0 saturated heterocycles. The number of nitrogens with zero attached hydrogens (tertiary/aromatic N) is 2. The third-order valence-corrected chi connectivity index (χ3v) is 14.9. The van der Waals surface area contributed by atoms with Gasteiger partial charge in [0.15, 0.2) is 0 Å². The summed E-state index contributed by atoms with van der Waals surface area (Å²) in [6.45, 7) is 17.3. The van der Waals surface area contributed by atoms with Gasteiger partial charge in [0.05, 0.1) is 5.92 Å². The lowest BCUT2D eigenvalue weighted by Crippen LogP contribution is -2.64. The summed E-state index contributed by atoms with van der Waals surface area (Å²) in [4.78, 5) is 15.0. The number of fused-ring (bicyclic) bond motifs is 8. The zero-order chi connectivity index (χ0) is 32.5. The lowest BCUT2D eigenvalue weighted by atomic mass is 9.33. The molecular formula is C39H56N4O2. The van der Waals surface area contributed by atoms with Crippen LogP contribution in [0.5, 0.6) is 0 Å². The summed E-state index contributed by atoms with van der Waals surface area (Å²) < 4.78 is 0. The molecule has 0 spiro atoms. The molecule has 3 saturated carbocycles. The first-order valence-corrected chi connectivity index (χ1v) is 17.5. The molecule has 7 unspecified atom stereocenters. The summed E-state index contributed by atoms with van der Waals surface area (Å²) in [6.07, 6.45) is 8.36. The molecule has 1 aromatic heterocycles. The minimum atomic E-state index is -0.593. The van der Waals surface area contributed by atoms with Crippen molar-refractivity contribution >= 4 is 23.0 Å². The third kappa shape index (κ3) is 4.11. The molecule has 5 aliphatic rings. The summed E-state index contributed by atoms with van der Waals surface area (Å²) >= 11 is 0. The van der Waals surface area contributed by atoms with Gasteiger partial charge in [-0.05, 0) is 120 Å². The number of hydrogen-bond acceptors (Lipinski definition) is 4. The van der Waals surface area contributed by atoms with E-state index in [4.69, 9.17) is 5.73 Å². The molecule has 0 aliphatic heterocycles. The van der Waals surface area contributed by atoms with E-state index in [-0.39, 0.29) is 38.9 Å². The van der Waals surface area contributed by atoms with Crippen LogP contribution in [0, 0.1) is 51.2 Å². The van der Waals surface area contributed by atoms with Crippen LogP contribution in [0.3, 0.4) is 0 Å². The Hall–Kier alpha value is -2.76. The van der Waals surface area contributed by atoms with Crippen molar-refractivity contribution in [2.45, 2.75) is 105 Å². The Bertz CT molecular complexity index is 1570. The van der Waals surface area contributed by atoms with E-state index in [0.29, 0.717) is 23.6 Å². The van der Waals surface area contributed by atoms with E-state index in [0.717, 1.165) is 38.5 Å². The van der Waals surface area contributed by atoms with E-state index in [9.17, 15) is 9.90 Å². The summed E-state index contributed by atoms with van der Waals surface area (Å²) in [7, 11) is 4.21. The predicted molar refractivity (Wildman–Crippen MR) is 183 cm³/mol. The summed E-state index contributed by atoms with van der Waals surface area (Å²) in [5, 5.41) is 18.4. The fourth-order valence-corrected chi connectivity index (χ4v) is 12.7. The van der Waals surface area contributed by atoms with Crippen LogP contribution in [-0.2, 0) is 16.6 Å². The molecule has 6 nitrogen and oxygen atoms in total. The number of aromatic amines is 1. The highest BCUT2D eigenvalue weighted by Gasteiger charge is 2.68. The number of carboxylic acids is 1. The van der Waals surface area contributed by atoms with Crippen molar-refractivity contribution in [3.05, 3.63) is 46.7 Å². The number of H-pyrrole nitrogens is 1. The van der Waals surface area contributed by atoms with Crippen LogP contribution in [0.2, 0.25) is 0 Å². The Morgan fingerprint density at radius 3 is 2.31 bits per heavy atom. The lowest BCUT2D eigenvalue weighted by molar-refractivity contribution is -0.161. The molecule has 8 atom stereocenters. The molecule has 45 heavy (non-hydrogen) atoms. The summed E-state index contributed by atoms with van der Waals surface area (Å²) in [6, 6.07) is 9.25. The highest BCUT2D eigenvalue weighted by atomic mass is 16.4. The van der Waals surface area contributed by atoms with E-state index in [2.05, 4.69) is 102 Å². The number of nitrogen functional groups attached to an aromatic ring is 1. The molecule has 0 radical (unpaired) electrons. The first-order chi connectivity index (χ1) is 20.9. The predicted octanol–water partition coefficient (Wildman–Crippen LogP) is 8.34. The topological polar surface area (TPSA) is 95.2 Å². The van der Waals surface area contributed by atoms with Crippen molar-refractivity contribution in [2.75, 3.05) is 24.7 Å². The maximum Gasteiger partial charge on any atom is 0.306 e. The van der Waals surface area contributed by atoms with Crippen molar-refractivity contribution in [1.82, 2.24) is 10.2 Å². The van der Waals surface area contributed by atoms with Crippen molar-refractivity contribution in [3.63, 3.8) is 0 Å². The Morgan fingerprint density at radius 1 is 0.978 bits per heavy atom. The summed E-state index contributed by atoms with van der Waals surface area (Å²) in [5.74, 6) is 1.33. The number of benzene rings is 1. The van der Waals surface area contributed by atoms with Gasteiger partial charge >= 0.3 is 5.97 Å². The summed E-state index contributed by atoms with van der Waals surface area (Å²) in [5.41, 5.74) is 14.9. The minimum absolute atomic E-state index is 0.000634. The molecule has 1 heterocycles. The fourth-order valence-electron chi connectivity index (χ4n) is 12.7. The highest BCUT2D eigenvalue weighted by molar-refractivity contribution is 5.75. The highest BCUT2D eigenvalue weighted by Crippen LogP contribution is 2.76. The molecule has 7 rings (SSSR count). The van der Waals surface area contributed by atoms with Crippen molar-refractivity contribution in [2.24, 2.45) is 51.2 Å². The number of anilines is 2. The maximum atomic E-state index is 12.8. The van der Waals surface area contributed by atoms with Gasteiger partial charge in [0.2, 0.25) is 0 Å². The normalized spacial score (nSPS) is 39.5. The lowest BCUT2D eigenvalue weighted by Gasteiger charge is -2.70. The van der Waals surface area contributed by atoms with Crippen molar-refractivity contribution in [3.8, 4) is 0 Å². The first-order valence-electron chi connectivity index (χ1n) is 17.5. The number of nitrogens with two attached hydrogens (primary N) is 1. The second kappa shape index (κ2) is 9.64. The quantitative estimate of drug-likeness (QED) is 0.324. The average molecular weight is 613 g/mol. The average Bonchev–Trinajstić information content (AvgIpc) is 3.32. The van der Waals surface area contributed by atoms with Crippen LogP contribution in [0.15, 0.2) is 29.8 Å². The van der Waals surface area contributed by atoms with Crippen LogP contribution >= 0.6 is 0 Å². The van der Waals surface area contributed by atoms with Crippen LogP contribution in [0.25, 0.3) is 5.57 Å². The largest absolute Gasteiger partial charge is 0.481 e. The number of hydrogen-bond donors (Lipinski definition) is 3. The van der Waals surface area contributed by atoms with Gasteiger partial charge in [-0.3, -0.25) is 9.89 Å². The van der Waals surface area contributed by atoms with Crippen LogP contribution in [-0.4, -0.2) is 35.4 Å². The Kier molecular flexibility index (Phi) is 6.61. The van der Waals surface area contributed by atoms with E-state index in [1.54, 1.807) is 5.57 Å². The van der Waals surface area contributed by atoms with Crippen LogP contribution in [0.1, 0.15) is 110 Å². The van der Waals surface area contributed by atoms with Crippen LogP contribution in [0.4, 0.5) is 11.5 Å². The van der Waals surface area contributed by atoms with E-state index >= 15 is 0 Å². The second-order valence-electron chi connectivity index (χ2n) is 18.1. The number of nitrogens with one attached hydrogen (secondary N) is 1. The van der Waals surface area contributed by atoms with Gasteiger partial charge in [-0.15, -0.1) is 0 Å². The number of aliphatic carboxylic acids is 1. The van der Waals surface area contributed by atoms with Crippen LogP contribution < -0.4 is 10.6 Å². The van der Waals surface area contributed by atoms with Gasteiger partial charge in [0, 0.05) is 36.5 Å². The van der Waals surface area contributed by atoms with E-state index in [1.165, 1.54) is 40.9 Å². The van der Waals surface area contributed by atoms with Gasteiger partial charge in [0.1, 0.15) is 5.82 Å². The van der Waals surface area contributed by atoms with Gasteiger partial charge in [-0.25, -0.2) is 0 Å². The zero-order valence-electron chi connectivity index (χ0n) is 29.2. The molecule has 0 bridgehead atoms. The van der Waals surface area contributed by atoms with Crippen molar-refractivity contribution in [1.29, 1.82) is 0 Å². The number of rotatable bonds is 3. The Labute approximate surface area is 270 Å². The number of aromatic nitrogens is 2. The zero-order valence-corrected chi connectivity index (χ0v) is 29.2. The molecule has 0 amide bonds.